The summed E-state index contributed by atoms with van der Waals surface area (Å²) in [7, 11) is 0. The van der Waals surface area contributed by atoms with E-state index in [1.807, 2.05) is 23.1 Å². The maximum atomic E-state index is 13.5. The van der Waals surface area contributed by atoms with Crippen molar-refractivity contribution in [1.82, 2.24) is 25.0 Å². The number of anilines is 4. The highest BCUT2D eigenvalue weighted by Gasteiger charge is 2.45. The van der Waals surface area contributed by atoms with Gasteiger partial charge in [0.25, 0.3) is 11.8 Å². The molecule has 2 atom stereocenters. The number of piperazine rings is 1. The van der Waals surface area contributed by atoms with Crippen molar-refractivity contribution < 1.29 is 37.1 Å². The molecule has 5 amide bonds. The zero-order valence-electron chi connectivity index (χ0n) is 34.8. The zero-order valence-corrected chi connectivity index (χ0v) is 34.8. The van der Waals surface area contributed by atoms with Crippen molar-refractivity contribution in [2.45, 2.75) is 44.3 Å². The van der Waals surface area contributed by atoms with Gasteiger partial charge in [0, 0.05) is 108 Å². The Morgan fingerprint density at radius 2 is 1.38 bits per heavy atom. The molecular formula is C45H49F3N10O5. The first-order valence-corrected chi connectivity index (χ1v) is 21.7. The predicted molar refractivity (Wildman–Crippen MR) is 226 cm³/mol. The van der Waals surface area contributed by atoms with Crippen LogP contribution in [0.25, 0.3) is 0 Å². The van der Waals surface area contributed by atoms with Gasteiger partial charge in [-0.3, -0.25) is 34.2 Å². The first-order chi connectivity index (χ1) is 30.3. The summed E-state index contributed by atoms with van der Waals surface area (Å²) >= 11 is 0. The number of nitriles is 1. The van der Waals surface area contributed by atoms with E-state index in [2.05, 4.69) is 35.2 Å². The third kappa shape index (κ3) is 8.81. The molecule has 330 valence electrons. The number of hydrogen-bond donors (Lipinski definition) is 2. The molecule has 0 bridgehead atoms. The number of aromatic nitrogens is 1. The maximum absolute atomic E-state index is 13.5. The van der Waals surface area contributed by atoms with Gasteiger partial charge in [-0.1, -0.05) is 0 Å². The second-order valence-corrected chi connectivity index (χ2v) is 17.6. The molecule has 5 fully saturated rings. The highest BCUT2D eigenvalue weighted by atomic mass is 19.4. The number of carbonyl (C=O) groups is 5. The van der Waals surface area contributed by atoms with E-state index >= 15 is 0 Å². The lowest BCUT2D eigenvalue weighted by Crippen LogP contribution is -2.55. The molecule has 63 heavy (non-hydrogen) atoms. The third-order valence-electron chi connectivity index (χ3n) is 13.6. The van der Waals surface area contributed by atoms with Crippen LogP contribution >= 0.6 is 0 Å². The van der Waals surface area contributed by atoms with Gasteiger partial charge in [-0.05, 0) is 80.1 Å². The molecule has 9 rings (SSSR count). The minimum atomic E-state index is -4.62. The van der Waals surface area contributed by atoms with Gasteiger partial charge < -0.3 is 29.8 Å². The van der Waals surface area contributed by atoms with Gasteiger partial charge in [-0.15, -0.1) is 0 Å². The Kier molecular flexibility index (Phi) is 11.6. The molecule has 2 N–H and O–H groups in total. The average molecular weight is 867 g/mol. The van der Waals surface area contributed by atoms with Gasteiger partial charge in [0.05, 0.1) is 40.2 Å². The molecule has 0 aliphatic carbocycles. The molecule has 18 heteroatoms. The summed E-state index contributed by atoms with van der Waals surface area (Å²) in [5.74, 6) is -0.935. The van der Waals surface area contributed by atoms with Crippen LogP contribution in [0.15, 0.2) is 54.7 Å². The summed E-state index contributed by atoms with van der Waals surface area (Å²) in [5.41, 5.74) is 1.52. The number of piperidine rings is 2. The Labute approximate surface area is 362 Å². The number of nitrogens with zero attached hydrogens (tertiary/aromatic N) is 8. The zero-order chi connectivity index (χ0) is 44.0. The van der Waals surface area contributed by atoms with E-state index < -0.39 is 47.0 Å². The van der Waals surface area contributed by atoms with E-state index in [4.69, 9.17) is 5.26 Å². The lowest BCUT2D eigenvalue weighted by molar-refractivity contribution is -0.138. The molecule has 1 aromatic heterocycles. The summed E-state index contributed by atoms with van der Waals surface area (Å²) in [4.78, 5) is 80.6. The molecule has 0 saturated carbocycles. The van der Waals surface area contributed by atoms with Crippen molar-refractivity contribution >= 4 is 52.4 Å². The highest BCUT2D eigenvalue weighted by molar-refractivity contribution is 6.23. The number of halogens is 3. The van der Waals surface area contributed by atoms with Crippen LogP contribution in [-0.4, -0.2) is 134 Å². The van der Waals surface area contributed by atoms with Crippen LogP contribution in [0.3, 0.4) is 0 Å². The first-order valence-electron chi connectivity index (χ1n) is 21.7. The van der Waals surface area contributed by atoms with E-state index in [1.54, 1.807) is 24.4 Å². The molecule has 6 aliphatic heterocycles. The normalized spacial score (nSPS) is 22.9. The molecular weight excluding hydrogens is 818 g/mol. The molecule has 7 heterocycles. The van der Waals surface area contributed by atoms with E-state index in [1.165, 1.54) is 12.1 Å². The summed E-state index contributed by atoms with van der Waals surface area (Å²) in [6.07, 6.45) is -0.621. The first kappa shape index (κ1) is 42.3. The fourth-order valence-corrected chi connectivity index (χ4v) is 9.99. The summed E-state index contributed by atoms with van der Waals surface area (Å²) < 4.78 is 40.4. The molecule has 5 saturated heterocycles. The number of amides is 5. The van der Waals surface area contributed by atoms with Gasteiger partial charge in [0.15, 0.2) is 0 Å². The maximum Gasteiger partial charge on any atom is 0.417 e. The molecule has 15 nitrogen and oxygen atoms in total. The monoisotopic (exact) mass is 866 g/mol. The fraction of sp³-hybridized carbons (Fsp3) is 0.489. The molecule has 3 aromatic rings. The third-order valence-corrected chi connectivity index (χ3v) is 13.6. The SMILES string of the molecule is N#Cc1ccc(N2CCC(C(=O)Nc3ccc(N4CC(CN5CCN(C[C@@H]6CCN(c7ccc8c(c7)C(=O)N(C7CCC(=O)NC7=O)C8=O)C6)CC5)C4)cn3)CC2)cc1C(F)(F)F. The van der Waals surface area contributed by atoms with Crippen LogP contribution in [0, 0.1) is 29.1 Å². The fourth-order valence-electron chi connectivity index (χ4n) is 9.99. The van der Waals surface area contributed by atoms with E-state index in [9.17, 15) is 37.1 Å². The Bertz CT molecular complexity index is 2330. The molecule has 0 radical (unpaired) electrons. The number of fused-ring (bicyclic) bond motifs is 1. The van der Waals surface area contributed by atoms with Crippen LogP contribution in [-0.2, 0) is 20.6 Å². The van der Waals surface area contributed by atoms with Crippen molar-refractivity contribution in [3.63, 3.8) is 0 Å². The summed E-state index contributed by atoms with van der Waals surface area (Å²) in [6.45, 7) is 10.5. The number of pyridine rings is 1. The number of rotatable bonds is 10. The largest absolute Gasteiger partial charge is 0.417 e. The lowest BCUT2D eigenvalue weighted by atomic mass is 9.95. The quantitative estimate of drug-likeness (QED) is 0.284. The molecule has 6 aliphatic rings. The number of carbonyl (C=O) groups excluding carboxylic acids is 5. The van der Waals surface area contributed by atoms with Gasteiger partial charge in [-0.25, -0.2) is 4.98 Å². The van der Waals surface area contributed by atoms with Crippen LogP contribution in [0.1, 0.15) is 63.9 Å². The van der Waals surface area contributed by atoms with Crippen molar-refractivity contribution in [3.05, 3.63) is 77.0 Å². The summed E-state index contributed by atoms with van der Waals surface area (Å²) in [6, 6.07) is 13.5. The van der Waals surface area contributed by atoms with Crippen LogP contribution < -0.4 is 25.3 Å². The minimum Gasteiger partial charge on any atom is -0.371 e. The predicted octanol–water partition coefficient (Wildman–Crippen LogP) is 3.81. The van der Waals surface area contributed by atoms with Crippen molar-refractivity contribution in [2.75, 3.05) is 98.6 Å². The highest BCUT2D eigenvalue weighted by Crippen LogP contribution is 2.36. The van der Waals surface area contributed by atoms with Crippen LogP contribution in [0.4, 0.5) is 36.1 Å². The molecule has 2 aromatic carbocycles. The number of hydrogen-bond acceptors (Lipinski definition) is 12. The van der Waals surface area contributed by atoms with Gasteiger partial charge in [-0.2, -0.15) is 18.4 Å². The van der Waals surface area contributed by atoms with Gasteiger partial charge >= 0.3 is 6.18 Å². The van der Waals surface area contributed by atoms with Crippen molar-refractivity contribution in [3.8, 4) is 6.07 Å². The van der Waals surface area contributed by atoms with Gasteiger partial charge in [0.1, 0.15) is 11.9 Å². The number of alkyl halides is 3. The Balaban J connectivity index is 0.673. The smallest absolute Gasteiger partial charge is 0.371 e. The number of benzene rings is 2. The lowest BCUT2D eigenvalue weighted by Gasteiger charge is -2.44. The Morgan fingerprint density at radius 1 is 0.746 bits per heavy atom. The second-order valence-electron chi connectivity index (χ2n) is 17.6. The minimum absolute atomic E-state index is 0.0854. The Morgan fingerprint density at radius 3 is 2.05 bits per heavy atom. The number of imide groups is 2. The van der Waals surface area contributed by atoms with Crippen LogP contribution in [0.2, 0.25) is 0 Å². The standard InChI is InChI=1S/C45H49F3N10O5/c46-45(47,48)37-20-33(2-1-31(37)21-49)55-13-10-30(11-14-55)41(60)51-39-7-4-34(22-50-39)57-26-29(27-57)24-54-17-15-53(16-18-54)23-28-9-12-56(25-28)32-3-5-35-36(19-32)44(63)58(43(35)62)38-6-8-40(59)52-42(38)61/h1-5,7,19-20,22,28-30,38H,6,8-18,23-27H2,(H,50,51,60)(H,52,59,61)/t28-,38?/m0/s1. The Hall–Kier alpha value is -6.06. The van der Waals surface area contributed by atoms with E-state index in [-0.39, 0.29) is 24.7 Å². The number of nitrogens with one attached hydrogen (secondary N) is 2. The average Bonchev–Trinajstić information content (AvgIpc) is 3.83. The van der Waals surface area contributed by atoms with E-state index in [0.29, 0.717) is 60.4 Å². The second kappa shape index (κ2) is 17.2. The van der Waals surface area contributed by atoms with Gasteiger partial charge in [0.2, 0.25) is 17.7 Å². The molecule has 0 spiro atoms. The van der Waals surface area contributed by atoms with E-state index in [0.717, 1.165) is 94.2 Å². The van der Waals surface area contributed by atoms with Crippen molar-refractivity contribution in [2.24, 2.45) is 17.8 Å². The molecule has 1 unspecified atom stereocenters. The summed E-state index contributed by atoms with van der Waals surface area (Å²) in [5, 5.41) is 14.2. The van der Waals surface area contributed by atoms with Crippen molar-refractivity contribution in [1.29, 1.82) is 5.26 Å². The topological polar surface area (TPSA) is 166 Å². The van der Waals surface area contributed by atoms with Crippen LogP contribution in [0.5, 0.6) is 0 Å².